The molecule has 2 aliphatic heterocycles. The fourth-order valence-corrected chi connectivity index (χ4v) is 12.1. The fourth-order valence-electron chi connectivity index (χ4n) is 12.1. The first kappa shape index (κ1) is 81.0. The minimum absolute atomic E-state index is 0.201. The third-order valence-electron chi connectivity index (χ3n) is 17.8. The van der Waals surface area contributed by atoms with Crippen molar-refractivity contribution in [3.8, 4) is 0 Å². The Morgan fingerprint density at radius 2 is 0.793 bits per heavy atom. The van der Waals surface area contributed by atoms with Crippen molar-refractivity contribution >= 4 is 5.91 Å². The molecule has 2 rings (SSSR count). The molecule has 1 amide bonds. The largest absolute Gasteiger partial charge is 0.394 e. The molecular weight excluding hydrogens is 1100 g/mol. The van der Waals surface area contributed by atoms with Crippen LogP contribution >= 0.6 is 0 Å². The summed E-state index contributed by atoms with van der Waals surface area (Å²) >= 11 is 0. The Bertz CT molecular complexity index is 1640. The van der Waals surface area contributed by atoms with Crippen LogP contribution in [0.25, 0.3) is 0 Å². The molecule has 12 unspecified atom stereocenters. The molecule has 87 heavy (non-hydrogen) atoms. The lowest BCUT2D eigenvalue weighted by atomic mass is 9.97. The Morgan fingerprint density at radius 1 is 0.425 bits per heavy atom. The number of unbranched alkanes of at least 4 members (excludes halogenated alkanes) is 39. The highest BCUT2D eigenvalue weighted by Crippen LogP contribution is 2.30. The number of ether oxygens (including phenoxy) is 4. The van der Waals surface area contributed by atoms with Crippen molar-refractivity contribution < 1.29 is 64.6 Å². The second-order valence-corrected chi connectivity index (χ2v) is 25.7. The highest BCUT2D eigenvalue weighted by molar-refractivity contribution is 5.76. The Balaban J connectivity index is 1.54. The molecule has 0 aliphatic carbocycles. The Kier molecular flexibility index (Phi) is 53.9. The second-order valence-electron chi connectivity index (χ2n) is 25.7. The van der Waals surface area contributed by atoms with Crippen LogP contribution in [0.4, 0.5) is 0 Å². The lowest BCUT2D eigenvalue weighted by Gasteiger charge is -2.46. The molecule has 0 saturated carbocycles. The number of allylic oxidation sites excluding steroid dienone is 8. The van der Waals surface area contributed by atoms with E-state index in [0.29, 0.717) is 12.8 Å². The van der Waals surface area contributed by atoms with Gasteiger partial charge in [-0.25, -0.2) is 0 Å². The van der Waals surface area contributed by atoms with E-state index in [2.05, 4.69) is 67.8 Å². The molecule has 2 heterocycles. The van der Waals surface area contributed by atoms with E-state index in [-0.39, 0.29) is 12.5 Å². The zero-order valence-electron chi connectivity index (χ0n) is 55.5. The van der Waals surface area contributed by atoms with E-state index in [1.54, 1.807) is 0 Å². The van der Waals surface area contributed by atoms with E-state index in [4.69, 9.17) is 18.9 Å². The molecule has 2 aliphatic rings. The third-order valence-corrected chi connectivity index (χ3v) is 17.8. The second kappa shape index (κ2) is 57.8. The van der Waals surface area contributed by atoms with Crippen LogP contribution in [0, 0.1) is 0 Å². The number of aliphatic hydroxyl groups excluding tert-OH is 8. The van der Waals surface area contributed by atoms with Crippen molar-refractivity contribution in [2.75, 3.05) is 19.8 Å². The summed E-state index contributed by atoms with van der Waals surface area (Å²) in [6, 6.07) is -0.826. The summed E-state index contributed by atoms with van der Waals surface area (Å²) < 4.78 is 22.9. The molecule has 510 valence electrons. The van der Waals surface area contributed by atoms with E-state index < -0.39 is 86.8 Å². The molecule has 0 aromatic rings. The Morgan fingerprint density at radius 3 is 1.22 bits per heavy atom. The maximum atomic E-state index is 13.3. The molecule has 0 aromatic carbocycles. The summed E-state index contributed by atoms with van der Waals surface area (Å²) in [5.74, 6) is -0.201. The summed E-state index contributed by atoms with van der Waals surface area (Å²) in [5.41, 5.74) is 0. The van der Waals surface area contributed by atoms with Crippen molar-refractivity contribution in [3.63, 3.8) is 0 Å². The zero-order valence-corrected chi connectivity index (χ0v) is 55.5. The van der Waals surface area contributed by atoms with Crippen LogP contribution < -0.4 is 5.32 Å². The van der Waals surface area contributed by atoms with Crippen LogP contribution in [0.2, 0.25) is 0 Å². The number of amides is 1. The molecule has 0 bridgehead atoms. The van der Waals surface area contributed by atoms with Crippen molar-refractivity contribution in [1.82, 2.24) is 5.32 Å². The standard InChI is InChI=1S/C73H135NO13/c1-3-5-7-9-11-13-15-17-19-20-21-22-23-24-25-26-27-28-29-30-31-32-33-34-35-36-37-38-39-40-41-42-43-45-47-49-51-53-55-57-65(78)74-61(62(77)56-54-52-50-48-46-44-18-16-14-12-10-8-6-4-2)60-84-72-70(83)68(81)71(64(59-76)86-72)87-73-69(82)67(80)66(79)63(58-75)85-73/h5,7,11,13,17,19,21-22,61-64,66-73,75-77,79-83H,3-4,6,8-10,12,14-16,18,20,23-60H2,1-2H3,(H,74,78)/b7-5-,13-11-,19-17-,22-21-. The predicted octanol–water partition coefficient (Wildman–Crippen LogP) is 15.1. The number of rotatable bonds is 60. The maximum absolute atomic E-state index is 13.3. The van der Waals surface area contributed by atoms with Crippen LogP contribution in [0.3, 0.4) is 0 Å². The topological polar surface area (TPSA) is 228 Å². The third kappa shape index (κ3) is 41.9. The molecule has 9 N–H and O–H groups in total. The van der Waals surface area contributed by atoms with Gasteiger partial charge in [-0.05, 0) is 51.4 Å². The lowest BCUT2D eigenvalue weighted by Crippen LogP contribution is -2.65. The SMILES string of the molecule is CC/C=C\C/C=C\C/C=C\C/C=C\CCCCCCCCCCCCCCCCCCCCCCCCCCCCC(=O)NC(COC1OC(CO)C(OC2OC(CO)C(O)C(O)C2O)C(O)C1O)C(O)CCCCCCCCCCCCCCCC. The molecule has 0 spiro atoms. The van der Waals surface area contributed by atoms with Gasteiger partial charge >= 0.3 is 0 Å². The quantitative estimate of drug-likeness (QED) is 0.0204. The number of aliphatic hydroxyl groups is 8. The van der Waals surface area contributed by atoms with Gasteiger partial charge in [0, 0.05) is 6.42 Å². The van der Waals surface area contributed by atoms with Crippen molar-refractivity contribution in [2.24, 2.45) is 0 Å². The van der Waals surface area contributed by atoms with E-state index in [0.717, 1.165) is 77.0 Å². The minimum atomic E-state index is -1.78. The van der Waals surface area contributed by atoms with Gasteiger partial charge in [-0.2, -0.15) is 0 Å². The number of carbonyl (C=O) groups is 1. The normalized spacial score (nSPS) is 23.5. The summed E-state index contributed by atoms with van der Waals surface area (Å²) in [6.45, 7) is 2.78. The van der Waals surface area contributed by atoms with Gasteiger partial charge in [-0.15, -0.1) is 0 Å². The Hall–Kier alpha value is -2.05. The predicted molar refractivity (Wildman–Crippen MR) is 355 cm³/mol. The van der Waals surface area contributed by atoms with E-state index in [1.807, 2.05) is 0 Å². The van der Waals surface area contributed by atoms with Gasteiger partial charge in [-0.3, -0.25) is 4.79 Å². The lowest BCUT2D eigenvalue weighted by molar-refractivity contribution is -0.359. The smallest absolute Gasteiger partial charge is 0.220 e. The molecule has 2 saturated heterocycles. The van der Waals surface area contributed by atoms with E-state index >= 15 is 0 Å². The van der Waals surface area contributed by atoms with Crippen LogP contribution in [0.1, 0.15) is 316 Å². The molecule has 12 atom stereocenters. The maximum Gasteiger partial charge on any atom is 0.220 e. The summed E-state index contributed by atoms with van der Waals surface area (Å²) in [4.78, 5) is 13.3. The summed E-state index contributed by atoms with van der Waals surface area (Å²) in [6.07, 6.45) is 58.7. The highest BCUT2D eigenvalue weighted by Gasteiger charge is 2.51. The van der Waals surface area contributed by atoms with E-state index in [1.165, 1.54) is 212 Å². The number of hydrogen-bond acceptors (Lipinski definition) is 13. The first-order valence-electron chi connectivity index (χ1n) is 36.4. The summed E-state index contributed by atoms with van der Waals surface area (Å²) in [5, 5.41) is 87.5. The Labute approximate surface area is 531 Å². The minimum Gasteiger partial charge on any atom is -0.394 e. The first-order chi connectivity index (χ1) is 42.6. The summed E-state index contributed by atoms with van der Waals surface area (Å²) in [7, 11) is 0. The number of hydrogen-bond donors (Lipinski definition) is 9. The van der Waals surface area contributed by atoms with Gasteiger partial charge in [0.2, 0.25) is 5.91 Å². The number of carbonyl (C=O) groups excluding carboxylic acids is 1. The van der Waals surface area contributed by atoms with Gasteiger partial charge < -0.3 is 65.1 Å². The number of nitrogens with one attached hydrogen (secondary N) is 1. The van der Waals surface area contributed by atoms with Gasteiger partial charge in [0.1, 0.15) is 48.8 Å². The van der Waals surface area contributed by atoms with Crippen LogP contribution in [-0.4, -0.2) is 140 Å². The van der Waals surface area contributed by atoms with Gasteiger partial charge in [0.15, 0.2) is 12.6 Å². The average Bonchev–Trinajstić information content (AvgIpc) is 2.05. The van der Waals surface area contributed by atoms with Crippen LogP contribution in [0.5, 0.6) is 0 Å². The molecule has 14 nitrogen and oxygen atoms in total. The van der Waals surface area contributed by atoms with Crippen LogP contribution in [-0.2, 0) is 23.7 Å². The van der Waals surface area contributed by atoms with Gasteiger partial charge in [0.25, 0.3) is 0 Å². The fraction of sp³-hybridized carbons (Fsp3) is 0.877. The van der Waals surface area contributed by atoms with Gasteiger partial charge in [0.05, 0.1) is 32.0 Å². The van der Waals surface area contributed by atoms with Crippen LogP contribution in [0.15, 0.2) is 48.6 Å². The van der Waals surface area contributed by atoms with Crippen molar-refractivity contribution in [3.05, 3.63) is 48.6 Å². The highest BCUT2D eigenvalue weighted by atomic mass is 16.7. The van der Waals surface area contributed by atoms with Crippen molar-refractivity contribution in [2.45, 2.75) is 389 Å². The van der Waals surface area contributed by atoms with Gasteiger partial charge in [-0.1, -0.05) is 306 Å². The molecule has 14 heteroatoms. The molecule has 0 radical (unpaired) electrons. The average molecular weight is 1230 g/mol. The molecule has 0 aromatic heterocycles. The van der Waals surface area contributed by atoms with E-state index in [9.17, 15) is 45.6 Å². The molecule has 2 fully saturated rings. The molecular formula is C73H135NO13. The zero-order chi connectivity index (χ0) is 63.1. The first-order valence-corrected chi connectivity index (χ1v) is 36.4. The monoisotopic (exact) mass is 1230 g/mol. The van der Waals surface area contributed by atoms with Crippen molar-refractivity contribution in [1.29, 1.82) is 0 Å².